The van der Waals surface area contributed by atoms with Crippen molar-refractivity contribution < 1.29 is 14.0 Å². The Morgan fingerprint density at radius 3 is 2.48 bits per heavy atom. The number of amides is 2. The minimum absolute atomic E-state index is 0.107. The molecule has 1 heterocycles. The Bertz CT molecular complexity index is 548. The first-order valence-electron chi connectivity index (χ1n) is 8.45. The maximum atomic E-state index is 13.8. The summed E-state index contributed by atoms with van der Waals surface area (Å²) >= 11 is 0. The maximum Gasteiger partial charge on any atom is 0.256 e. The second-order valence-corrected chi connectivity index (χ2v) is 5.96. The second-order valence-electron chi connectivity index (χ2n) is 5.96. The number of carbonyl (C=O) groups excluding carboxylic acids is 2. The zero-order chi connectivity index (χ0) is 16.7. The van der Waals surface area contributed by atoms with E-state index >= 15 is 0 Å². The molecule has 1 aliphatic heterocycles. The summed E-state index contributed by atoms with van der Waals surface area (Å²) in [5.41, 5.74) is 0.107. The number of halogens is 1. The summed E-state index contributed by atoms with van der Waals surface area (Å²) in [7, 11) is 0. The van der Waals surface area contributed by atoms with E-state index in [2.05, 4.69) is 6.92 Å². The van der Waals surface area contributed by atoms with E-state index in [4.69, 9.17) is 0 Å². The van der Waals surface area contributed by atoms with E-state index in [1.54, 1.807) is 17.0 Å². The zero-order valence-corrected chi connectivity index (χ0v) is 13.8. The smallest absolute Gasteiger partial charge is 0.256 e. The Balaban J connectivity index is 1.92. The van der Waals surface area contributed by atoms with Crippen molar-refractivity contribution in [1.82, 2.24) is 9.80 Å². The fourth-order valence-electron chi connectivity index (χ4n) is 2.86. The van der Waals surface area contributed by atoms with Crippen LogP contribution < -0.4 is 0 Å². The van der Waals surface area contributed by atoms with Gasteiger partial charge in [0, 0.05) is 32.6 Å². The van der Waals surface area contributed by atoms with Crippen molar-refractivity contribution >= 4 is 11.8 Å². The maximum absolute atomic E-state index is 13.8. The van der Waals surface area contributed by atoms with E-state index in [-0.39, 0.29) is 17.4 Å². The molecule has 0 bridgehead atoms. The Morgan fingerprint density at radius 1 is 1.04 bits per heavy atom. The Morgan fingerprint density at radius 2 is 1.74 bits per heavy atom. The summed E-state index contributed by atoms with van der Waals surface area (Å²) in [6.45, 7) is 4.35. The molecule has 126 valence electrons. The van der Waals surface area contributed by atoms with Gasteiger partial charge in [0.2, 0.25) is 5.91 Å². The van der Waals surface area contributed by atoms with Gasteiger partial charge in [-0.15, -0.1) is 0 Å². The molecule has 2 rings (SSSR count). The third-order valence-electron chi connectivity index (χ3n) is 4.23. The minimum atomic E-state index is -0.491. The highest BCUT2D eigenvalue weighted by atomic mass is 19.1. The van der Waals surface area contributed by atoms with E-state index in [1.807, 2.05) is 4.90 Å². The lowest BCUT2D eigenvalue weighted by Gasteiger charge is -2.22. The Labute approximate surface area is 137 Å². The van der Waals surface area contributed by atoms with Gasteiger partial charge in [-0.3, -0.25) is 9.59 Å². The van der Waals surface area contributed by atoms with E-state index in [0.717, 1.165) is 25.7 Å². The molecule has 2 amide bonds. The number of hydrogen-bond acceptors (Lipinski definition) is 2. The lowest BCUT2D eigenvalue weighted by Crippen LogP contribution is -2.37. The van der Waals surface area contributed by atoms with Gasteiger partial charge < -0.3 is 9.80 Å². The van der Waals surface area contributed by atoms with Crippen LogP contribution in [0.15, 0.2) is 24.3 Å². The van der Waals surface area contributed by atoms with Gasteiger partial charge in [0.1, 0.15) is 5.82 Å². The largest absolute Gasteiger partial charge is 0.341 e. The average molecular weight is 320 g/mol. The van der Waals surface area contributed by atoms with Gasteiger partial charge in [0.05, 0.1) is 5.56 Å². The van der Waals surface area contributed by atoms with Gasteiger partial charge in [-0.05, 0) is 25.0 Å². The van der Waals surface area contributed by atoms with Gasteiger partial charge in [0.25, 0.3) is 5.91 Å². The van der Waals surface area contributed by atoms with Crippen molar-refractivity contribution in [1.29, 1.82) is 0 Å². The molecule has 0 unspecified atom stereocenters. The summed E-state index contributed by atoms with van der Waals surface area (Å²) in [4.78, 5) is 28.1. The summed E-state index contributed by atoms with van der Waals surface area (Å²) < 4.78 is 13.8. The highest BCUT2D eigenvalue weighted by Crippen LogP contribution is 2.13. The fraction of sp³-hybridized carbons (Fsp3) is 0.556. The van der Waals surface area contributed by atoms with Gasteiger partial charge in [0.15, 0.2) is 0 Å². The van der Waals surface area contributed by atoms with Crippen molar-refractivity contribution in [2.75, 3.05) is 26.2 Å². The normalized spacial score (nSPS) is 15.4. The molecule has 5 heteroatoms. The summed E-state index contributed by atoms with van der Waals surface area (Å²) in [6, 6.07) is 6.05. The molecular weight excluding hydrogens is 295 g/mol. The monoisotopic (exact) mass is 320 g/mol. The van der Waals surface area contributed by atoms with Crippen LogP contribution in [-0.2, 0) is 4.79 Å². The molecule has 4 nitrogen and oxygen atoms in total. The molecule has 0 N–H and O–H groups in total. The van der Waals surface area contributed by atoms with Crippen molar-refractivity contribution in [3.63, 3.8) is 0 Å². The van der Waals surface area contributed by atoms with Crippen LogP contribution in [-0.4, -0.2) is 47.8 Å². The van der Waals surface area contributed by atoms with Crippen LogP contribution in [0.3, 0.4) is 0 Å². The number of benzene rings is 1. The number of carbonyl (C=O) groups is 2. The molecule has 0 saturated carbocycles. The van der Waals surface area contributed by atoms with Crippen LogP contribution in [0.1, 0.15) is 49.4 Å². The number of rotatable bonds is 5. The van der Waals surface area contributed by atoms with Gasteiger partial charge in [-0.2, -0.15) is 0 Å². The standard InChI is InChI=1S/C18H25FN2O2/c1-2-3-4-10-17(22)20-11-7-12-21(14-13-20)18(23)15-8-5-6-9-16(15)19/h5-6,8-9H,2-4,7,10-14H2,1H3. The van der Waals surface area contributed by atoms with Crippen LogP contribution in [0.4, 0.5) is 4.39 Å². The molecule has 1 saturated heterocycles. The summed E-state index contributed by atoms with van der Waals surface area (Å²) in [5.74, 6) is -0.615. The van der Waals surface area contributed by atoms with E-state index in [1.165, 1.54) is 12.1 Å². The molecule has 0 atom stereocenters. The van der Waals surface area contributed by atoms with Crippen molar-refractivity contribution in [3.8, 4) is 0 Å². The third-order valence-corrected chi connectivity index (χ3v) is 4.23. The first-order valence-corrected chi connectivity index (χ1v) is 8.45. The second kappa shape index (κ2) is 8.65. The van der Waals surface area contributed by atoms with E-state index in [0.29, 0.717) is 32.6 Å². The number of nitrogens with zero attached hydrogens (tertiary/aromatic N) is 2. The van der Waals surface area contributed by atoms with Crippen LogP contribution in [0.2, 0.25) is 0 Å². The van der Waals surface area contributed by atoms with Crippen molar-refractivity contribution in [3.05, 3.63) is 35.6 Å². The SMILES string of the molecule is CCCCCC(=O)N1CCCN(C(=O)c2ccccc2F)CC1. The van der Waals surface area contributed by atoms with Crippen molar-refractivity contribution in [2.24, 2.45) is 0 Å². The topological polar surface area (TPSA) is 40.6 Å². The molecular formula is C18H25FN2O2. The fourth-order valence-corrected chi connectivity index (χ4v) is 2.86. The third kappa shape index (κ3) is 4.78. The Hall–Kier alpha value is -1.91. The molecule has 1 aromatic carbocycles. The minimum Gasteiger partial charge on any atom is -0.341 e. The molecule has 0 aliphatic carbocycles. The lowest BCUT2D eigenvalue weighted by molar-refractivity contribution is -0.131. The molecule has 0 radical (unpaired) electrons. The van der Waals surface area contributed by atoms with Crippen LogP contribution >= 0.6 is 0 Å². The van der Waals surface area contributed by atoms with E-state index in [9.17, 15) is 14.0 Å². The molecule has 0 spiro atoms. The highest BCUT2D eigenvalue weighted by molar-refractivity contribution is 5.94. The van der Waals surface area contributed by atoms with E-state index < -0.39 is 5.82 Å². The first-order chi connectivity index (χ1) is 11.1. The molecule has 1 aliphatic rings. The van der Waals surface area contributed by atoms with Crippen LogP contribution in [0, 0.1) is 5.82 Å². The lowest BCUT2D eigenvalue weighted by atomic mass is 10.2. The van der Waals surface area contributed by atoms with Crippen LogP contribution in [0.5, 0.6) is 0 Å². The Kier molecular flexibility index (Phi) is 6.56. The van der Waals surface area contributed by atoms with Crippen molar-refractivity contribution in [2.45, 2.75) is 39.0 Å². The molecule has 1 fully saturated rings. The number of hydrogen-bond donors (Lipinski definition) is 0. The zero-order valence-electron chi connectivity index (χ0n) is 13.8. The van der Waals surface area contributed by atoms with Crippen LogP contribution in [0.25, 0.3) is 0 Å². The van der Waals surface area contributed by atoms with Gasteiger partial charge >= 0.3 is 0 Å². The predicted molar refractivity (Wildman–Crippen MR) is 87.6 cm³/mol. The molecule has 1 aromatic rings. The predicted octanol–water partition coefficient (Wildman–Crippen LogP) is 3.08. The van der Waals surface area contributed by atoms with Gasteiger partial charge in [-0.1, -0.05) is 31.9 Å². The highest BCUT2D eigenvalue weighted by Gasteiger charge is 2.23. The first kappa shape index (κ1) is 17.4. The molecule has 23 heavy (non-hydrogen) atoms. The average Bonchev–Trinajstić information content (AvgIpc) is 2.81. The summed E-state index contributed by atoms with van der Waals surface area (Å²) in [5, 5.41) is 0. The number of unbranched alkanes of at least 4 members (excludes halogenated alkanes) is 2. The summed E-state index contributed by atoms with van der Waals surface area (Å²) in [6.07, 6.45) is 4.40. The van der Waals surface area contributed by atoms with Gasteiger partial charge in [-0.25, -0.2) is 4.39 Å². The quantitative estimate of drug-likeness (QED) is 0.782. The molecule has 0 aromatic heterocycles.